The van der Waals surface area contributed by atoms with Crippen molar-refractivity contribution in [2.24, 2.45) is 69.2 Å². The van der Waals surface area contributed by atoms with Gasteiger partial charge >= 0.3 is 47.8 Å². The second-order valence-electron chi connectivity index (χ2n) is 15.2. The van der Waals surface area contributed by atoms with Gasteiger partial charge in [0.1, 0.15) is 54.1 Å². The van der Waals surface area contributed by atoms with Gasteiger partial charge in [0.2, 0.25) is 5.91 Å². The number of primary amides is 1. The van der Waals surface area contributed by atoms with E-state index in [4.69, 9.17) is 114 Å². The molecule has 31 N–H and O–H groups in total. The maximum absolute atomic E-state index is 10.4. The number of phenolic OH excluding ortho intramolecular Hbond substituents is 1. The Morgan fingerprint density at radius 2 is 0.859 bits per heavy atom. The molecule has 1 rings (SSSR count). The van der Waals surface area contributed by atoms with Gasteiger partial charge in [-0.15, -0.1) is 0 Å². The van der Waals surface area contributed by atoms with Gasteiger partial charge in [-0.3, -0.25) is 43.2 Å². The zero-order chi connectivity index (χ0) is 57.7. The molecule has 0 aromatic heterocycles. The van der Waals surface area contributed by atoms with Crippen molar-refractivity contribution in [1.82, 2.24) is 0 Å². The van der Waals surface area contributed by atoms with Gasteiger partial charge in [-0.2, -0.15) is 0 Å². The molecule has 1 amide bonds. The molecule has 0 aliphatic carbocycles. The monoisotopic (exact) mass is 1030 g/mol. The summed E-state index contributed by atoms with van der Waals surface area (Å²) < 4.78 is 0. The molecular formula is C41H82N10O20. The number of amides is 1. The van der Waals surface area contributed by atoms with Crippen molar-refractivity contribution in [3.05, 3.63) is 29.8 Å². The fourth-order valence-electron chi connectivity index (χ4n) is 3.29. The summed E-state index contributed by atoms with van der Waals surface area (Å²) >= 11 is 0. The molecule has 416 valence electrons. The van der Waals surface area contributed by atoms with E-state index in [1.165, 1.54) is 19.1 Å². The minimum atomic E-state index is -1.18. The molecule has 30 heteroatoms. The summed E-state index contributed by atoms with van der Waals surface area (Å²) in [4.78, 5) is 89.8. The number of aromatic hydroxyl groups is 1. The van der Waals surface area contributed by atoms with Crippen LogP contribution in [0.15, 0.2) is 24.3 Å². The molecule has 71 heavy (non-hydrogen) atoms. The molecule has 0 radical (unpaired) electrons. The van der Waals surface area contributed by atoms with E-state index >= 15 is 0 Å². The predicted octanol–water partition coefficient (Wildman–Crippen LogP) is -4.37. The summed E-state index contributed by atoms with van der Waals surface area (Å²) in [5, 5.41) is 90.3. The quantitative estimate of drug-likeness (QED) is 0.0460. The molecule has 0 fully saturated rings. The Labute approximate surface area is 411 Å². The summed E-state index contributed by atoms with van der Waals surface area (Å²) in [6.45, 7) is 8.66. The van der Waals surface area contributed by atoms with E-state index in [0.717, 1.165) is 24.8 Å². The van der Waals surface area contributed by atoms with Gasteiger partial charge in [0, 0.05) is 6.42 Å². The van der Waals surface area contributed by atoms with Crippen molar-refractivity contribution in [2.75, 3.05) is 19.8 Å². The second-order valence-corrected chi connectivity index (χ2v) is 15.2. The van der Waals surface area contributed by atoms with Crippen LogP contribution < -0.4 is 57.3 Å². The average Bonchev–Trinajstić information content (AvgIpc) is 3.28. The Morgan fingerprint density at radius 1 is 0.507 bits per heavy atom. The van der Waals surface area contributed by atoms with Gasteiger partial charge in [0.15, 0.2) is 0 Å². The van der Waals surface area contributed by atoms with Gasteiger partial charge in [0.05, 0.1) is 13.2 Å². The van der Waals surface area contributed by atoms with Crippen molar-refractivity contribution >= 4 is 53.7 Å². The van der Waals surface area contributed by atoms with Crippen molar-refractivity contribution < 1.29 is 99.3 Å². The maximum Gasteiger partial charge on any atom is 0.322 e. The summed E-state index contributed by atoms with van der Waals surface area (Å²) in [7, 11) is 0. The lowest BCUT2D eigenvalue weighted by Crippen LogP contribution is -2.36. The molecule has 0 spiro atoms. The fourth-order valence-corrected chi connectivity index (χ4v) is 3.29. The van der Waals surface area contributed by atoms with Crippen molar-refractivity contribution in [1.29, 1.82) is 0 Å². The molecule has 0 heterocycles. The Hall–Kier alpha value is -6.19. The lowest BCUT2D eigenvalue weighted by molar-refractivity contribution is -0.140. The number of aliphatic hydroxyl groups excluding tert-OH is 2. The normalized spacial score (nSPS) is 13.5. The average molecular weight is 1040 g/mol. The highest BCUT2D eigenvalue weighted by Crippen LogP contribution is 2.11. The number of aliphatic hydroxyl groups is 2. The lowest BCUT2D eigenvalue weighted by Gasteiger charge is -2.11. The smallest absolute Gasteiger partial charge is 0.322 e. The first kappa shape index (κ1) is 79.0. The third-order valence-electron chi connectivity index (χ3n) is 8.02. The van der Waals surface area contributed by atoms with E-state index < -0.39 is 115 Å². The summed E-state index contributed by atoms with van der Waals surface area (Å²) in [6, 6.07) is -0.641. The molecule has 30 nitrogen and oxygen atoms in total. The Balaban J connectivity index is -0.000000133. The summed E-state index contributed by atoms with van der Waals surface area (Å²) in [5.41, 5.74) is 51.2. The van der Waals surface area contributed by atoms with E-state index in [0.29, 0.717) is 25.3 Å². The van der Waals surface area contributed by atoms with Gasteiger partial charge in [0.25, 0.3) is 0 Å². The van der Waals surface area contributed by atoms with Crippen LogP contribution in [0.1, 0.15) is 85.1 Å². The van der Waals surface area contributed by atoms with Crippen LogP contribution in [0.25, 0.3) is 0 Å². The number of benzene rings is 1. The minimum Gasteiger partial charge on any atom is -0.508 e. The number of phenols is 1. The largest absolute Gasteiger partial charge is 0.508 e. The first-order chi connectivity index (χ1) is 32.4. The zero-order valence-corrected chi connectivity index (χ0v) is 40.7. The molecule has 0 saturated heterocycles. The minimum absolute atomic E-state index is 0.0213. The highest BCUT2D eigenvalue weighted by molar-refractivity contribution is 5.77. The molecule has 0 saturated carbocycles. The fraction of sp³-hybridized carbons (Fsp3) is 0.634. The molecule has 1 aromatic carbocycles. The van der Waals surface area contributed by atoms with Crippen LogP contribution in [0, 0.1) is 11.8 Å². The Kier molecular flexibility index (Phi) is 54.3. The summed E-state index contributed by atoms with van der Waals surface area (Å²) in [6.07, 6.45) is 3.92. The van der Waals surface area contributed by atoms with Crippen LogP contribution in [0.2, 0.25) is 0 Å². The number of hydrogen-bond acceptors (Lipinski definition) is 21. The molecule has 1 aromatic rings. The predicted molar refractivity (Wildman–Crippen MR) is 257 cm³/mol. The SMILES string of the molecule is CC(C)C[C@H](N)C(=O)O.CC[C@H](C)[C@H](N)C(=O)O.C[C@H](N)C(=O)O.NC(=O)CC[C@H](N)C(=O)O.NCCCC[C@H](N)C(=O)O.N[C@@H](CO)C(=O)O.N[C@@H](CO)C(=O)O.N[C@@H](Cc1ccc(O)cc1)C(=O)O. The topological polar surface area (TPSA) is 636 Å². The highest BCUT2D eigenvalue weighted by atomic mass is 16.4. The number of hydrogen-bond donors (Lipinski definition) is 21. The van der Waals surface area contributed by atoms with Crippen LogP contribution in [0.5, 0.6) is 5.75 Å². The van der Waals surface area contributed by atoms with Gasteiger partial charge in [-0.25, -0.2) is 0 Å². The van der Waals surface area contributed by atoms with Crippen LogP contribution in [0.4, 0.5) is 0 Å². The molecule has 0 bridgehead atoms. The third kappa shape index (κ3) is 59.9. The molecule has 9 atom stereocenters. The van der Waals surface area contributed by atoms with Crippen molar-refractivity contribution in [3.8, 4) is 5.75 Å². The number of carbonyl (C=O) groups is 9. The number of carbonyl (C=O) groups excluding carboxylic acids is 1. The van der Waals surface area contributed by atoms with Crippen molar-refractivity contribution in [2.45, 2.75) is 134 Å². The Bertz CT molecular complexity index is 1610. The highest BCUT2D eigenvalue weighted by Gasteiger charge is 2.17. The number of aliphatic carboxylic acids is 8. The molecule has 0 unspecified atom stereocenters. The maximum atomic E-state index is 10.4. The van der Waals surface area contributed by atoms with Gasteiger partial charge < -0.3 is 114 Å². The zero-order valence-electron chi connectivity index (χ0n) is 40.7. The van der Waals surface area contributed by atoms with E-state index in [1.54, 1.807) is 12.1 Å². The van der Waals surface area contributed by atoms with E-state index in [2.05, 4.69) is 0 Å². The number of unbranched alkanes of at least 4 members (excludes halogenated alkanes) is 1. The van der Waals surface area contributed by atoms with Crippen LogP contribution in [-0.2, 0) is 49.6 Å². The summed E-state index contributed by atoms with van der Waals surface area (Å²) in [5.74, 6) is -8.15. The van der Waals surface area contributed by atoms with Gasteiger partial charge in [-0.1, -0.05) is 52.7 Å². The second kappa shape index (κ2) is 48.8. The molecular weight excluding hydrogens is 953 g/mol. The Morgan fingerprint density at radius 3 is 1.07 bits per heavy atom. The van der Waals surface area contributed by atoms with Crippen LogP contribution in [-0.4, -0.2) is 178 Å². The first-order valence-corrected chi connectivity index (χ1v) is 21.3. The number of rotatable bonds is 23. The third-order valence-corrected chi connectivity index (χ3v) is 8.02. The molecule has 0 aliphatic rings. The van der Waals surface area contributed by atoms with Crippen LogP contribution in [0.3, 0.4) is 0 Å². The van der Waals surface area contributed by atoms with E-state index in [9.17, 15) is 43.2 Å². The van der Waals surface area contributed by atoms with Crippen LogP contribution >= 0.6 is 0 Å². The van der Waals surface area contributed by atoms with Gasteiger partial charge in [-0.05, 0) is 75.1 Å². The first-order valence-electron chi connectivity index (χ1n) is 21.3. The van der Waals surface area contributed by atoms with Crippen molar-refractivity contribution in [3.63, 3.8) is 0 Å². The standard InChI is InChI=1S/C9H11NO3.C6H14N2O2.2C6H13NO2.C5H10N2O3.2C3H7NO3.C3H7NO2/c10-8(9(12)13)5-6-1-3-7(11)4-2-6;7-4-2-1-3-5(8)6(9)10;1-4(2)3-5(7)6(8)9;1-3-4(2)5(7)6(8)9;6-3(5(9)10)1-2-4(7)8;2*4-2(1-5)3(6)7;1-2(4)3(5)6/h1-4,8,11H,5,10H2,(H,12,13);5H,1-4,7-8H2,(H,9,10);2*4-5H,3,7H2,1-2H3,(H,8,9);3H,1-2,6H2,(H2,7,8)(H,9,10);2*2,5H,1,4H2,(H,6,7);2H,4H2,1H3,(H,5,6)/t8-;2*5-;4-,5-;3-;3*2-/m00000000/s1. The number of carboxylic acid groups (broad SMARTS) is 8. The van der Waals surface area contributed by atoms with E-state index in [1.807, 2.05) is 27.7 Å². The van der Waals surface area contributed by atoms with E-state index in [-0.39, 0.29) is 30.9 Å². The number of nitrogens with two attached hydrogens (primary N) is 10. The molecule has 0 aliphatic heterocycles. The lowest BCUT2D eigenvalue weighted by atomic mass is 10.0. The number of carboxylic acids is 8.